The van der Waals surface area contributed by atoms with Crippen molar-refractivity contribution in [3.05, 3.63) is 30.3 Å². The van der Waals surface area contributed by atoms with Gasteiger partial charge in [0.25, 0.3) is 0 Å². The standard InChI is InChI=1S/C15H20O3S/c1-11(16)18-12-9-14(17-10-12)15(2,3)19-13-7-5-4-6-8-13/h4-8,12,14H,9-10H2,1-3H3/t12-,14-/m1/s1. The molecule has 1 aliphatic heterocycles. The Kier molecular flexibility index (Phi) is 4.53. The minimum absolute atomic E-state index is 0.0454. The van der Waals surface area contributed by atoms with Crippen molar-refractivity contribution < 1.29 is 14.3 Å². The lowest BCUT2D eigenvalue weighted by atomic mass is 10.0. The minimum atomic E-state index is -0.234. The van der Waals surface area contributed by atoms with Crippen LogP contribution in [-0.2, 0) is 14.3 Å². The summed E-state index contributed by atoms with van der Waals surface area (Å²) in [7, 11) is 0. The van der Waals surface area contributed by atoms with Crippen molar-refractivity contribution in [2.75, 3.05) is 6.61 Å². The summed E-state index contributed by atoms with van der Waals surface area (Å²) in [5.41, 5.74) is 0. The molecule has 1 heterocycles. The molecule has 2 atom stereocenters. The predicted molar refractivity (Wildman–Crippen MR) is 76.3 cm³/mol. The highest BCUT2D eigenvalue weighted by Gasteiger charge is 2.39. The normalized spacial score (nSPS) is 23.3. The van der Waals surface area contributed by atoms with E-state index in [1.807, 2.05) is 18.2 Å². The fourth-order valence-corrected chi connectivity index (χ4v) is 3.45. The van der Waals surface area contributed by atoms with E-state index >= 15 is 0 Å². The van der Waals surface area contributed by atoms with Crippen molar-refractivity contribution >= 4 is 17.7 Å². The van der Waals surface area contributed by atoms with E-state index in [1.165, 1.54) is 11.8 Å². The maximum Gasteiger partial charge on any atom is 0.302 e. The number of hydrogen-bond acceptors (Lipinski definition) is 4. The smallest absolute Gasteiger partial charge is 0.302 e. The lowest BCUT2D eigenvalue weighted by Crippen LogP contribution is -2.32. The topological polar surface area (TPSA) is 35.5 Å². The molecule has 0 aliphatic carbocycles. The summed E-state index contributed by atoms with van der Waals surface area (Å²) < 4.78 is 11.0. The number of carbonyl (C=O) groups is 1. The highest BCUT2D eigenvalue weighted by molar-refractivity contribution is 8.00. The first-order valence-corrected chi connectivity index (χ1v) is 7.32. The van der Waals surface area contributed by atoms with E-state index in [9.17, 15) is 4.79 Å². The van der Waals surface area contributed by atoms with Crippen LogP contribution in [0.3, 0.4) is 0 Å². The summed E-state index contributed by atoms with van der Waals surface area (Å²) in [5.74, 6) is -0.234. The Morgan fingerprint density at radius 2 is 2.05 bits per heavy atom. The van der Waals surface area contributed by atoms with Crippen LogP contribution in [0.5, 0.6) is 0 Å². The molecule has 0 radical (unpaired) electrons. The van der Waals surface area contributed by atoms with Gasteiger partial charge in [-0.2, -0.15) is 0 Å². The molecule has 0 spiro atoms. The second-order valence-corrected chi connectivity index (χ2v) is 7.04. The van der Waals surface area contributed by atoms with Crippen molar-refractivity contribution in [1.29, 1.82) is 0 Å². The molecule has 0 N–H and O–H groups in total. The van der Waals surface area contributed by atoms with Gasteiger partial charge in [-0.25, -0.2) is 0 Å². The van der Waals surface area contributed by atoms with Gasteiger partial charge in [-0.15, -0.1) is 11.8 Å². The number of rotatable bonds is 4. The molecular formula is C15H20O3S. The van der Waals surface area contributed by atoms with E-state index in [-0.39, 0.29) is 22.9 Å². The fraction of sp³-hybridized carbons (Fsp3) is 0.533. The van der Waals surface area contributed by atoms with Crippen LogP contribution in [0.4, 0.5) is 0 Å². The number of esters is 1. The molecule has 1 aromatic rings. The van der Waals surface area contributed by atoms with Gasteiger partial charge in [0.1, 0.15) is 6.10 Å². The molecule has 19 heavy (non-hydrogen) atoms. The zero-order valence-corrected chi connectivity index (χ0v) is 12.4. The van der Waals surface area contributed by atoms with Gasteiger partial charge in [-0.1, -0.05) is 18.2 Å². The second kappa shape index (κ2) is 5.97. The van der Waals surface area contributed by atoms with Crippen LogP contribution in [0.25, 0.3) is 0 Å². The lowest BCUT2D eigenvalue weighted by molar-refractivity contribution is -0.146. The van der Waals surface area contributed by atoms with Gasteiger partial charge >= 0.3 is 5.97 Å². The van der Waals surface area contributed by atoms with E-state index < -0.39 is 0 Å². The molecule has 1 aliphatic rings. The van der Waals surface area contributed by atoms with Gasteiger partial charge in [0.2, 0.25) is 0 Å². The lowest BCUT2D eigenvalue weighted by Gasteiger charge is -2.30. The largest absolute Gasteiger partial charge is 0.460 e. The Morgan fingerprint density at radius 3 is 2.68 bits per heavy atom. The molecule has 2 rings (SSSR count). The molecule has 4 heteroatoms. The third-order valence-electron chi connectivity index (χ3n) is 3.19. The maximum absolute atomic E-state index is 11.0. The third kappa shape index (κ3) is 3.98. The zero-order chi connectivity index (χ0) is 13.9. The molecule has 0 amide bonds. The third-order valence-corrected chi connectivity index (χ3v) is 4.49. The minimum Gasteiger partial charge on any atom is -0.460 e. The van der Waals surface area contributed by atoms with Crippen molar-refractivity contribution in [3.63, 3.8) is 0 Å². The van der Waals surface area contributed by atoms with Gasteiger partial charge in [-0.05, 0) is 26.0 Å². The Bertz CT molecular complexity index is 430. The first-order chi connectivity index (χ1) is 8.97. The van der Waals surface area contributed by atoms with E-state index in [0.29, 0.717) is 6.61 Å². The molecule has 0 unspecified atom stereocenters. The summed E-state index contributed by atoms with van der Waals surface area (Å²) in [6.45, 7) is 6.29. The van der Waals surface area contributed by atoms with Gasteiger partial charge in [0, 0.05) is 23.0 Å². The van der Waals surface area contributed by atoms with Crippen molar-refractivity contribution in [3.8, 4) is 0 Å². The van der Waals surface area contributed by atoms with Crippen molar-refractivity contribution in [2.45, 2.75) is 49.0 Å². The summed E-state index contributed by atoms with van der Waals surface area (Å²) in [6, 6.07) is 10.3. The molecule has 3 nitrogen and oxygen atoms in total. The zero-order valence-electron chi connectivity index (χ0n) is 11.6. The van der Waals surface area contributed by atoms with Crippen molar-refractivity contribution in [2.24, 2.45) is 0 Å². The van der Waals surface area contributed by atoms with Crippen LogP contribution in [0, 0.1) is 0 Å². The Balaban J connectivity index is 1.95. The van der Waals surface area contributed by atoms with Crippen LogP contribution >= 0.6 is 11.8 Å². The number of hydrogen-bond donors (Lipinski definition) is 0. The highest BCUT2D eigenvalue weighted by Crippen LogP contribution is 2.40. The predicted octanol–water partition coefficient (Wildman–Crippen LogP) is 3.28. The summed E-state index contributed by atoms with van der Waals surface area (Å²) >= 11 is 1.80. The van der Waals surface area contributed by atoms with Crippen LogP contribution in [0.2, 0.25) is 0 Å². The maximum atomic E-state index is 11.0. The summed E-state index contributed by atoms with van der Waals surface area (Å²) in [6.07, 6.45) is 0.770. The van der Waals surface area contributed by atoms with Gasteiger partial charge in [-0.3, -0.25) is 4.79 Å². The molecule has 0 bridgehead atoms. The van der Waals surface area contributed by atoms with E-state index in [1.54, 1.807) is 11.8 Å². The number of ether oxygens (including phenoxy) is 2. The van der Waals surface area contributed by atoms with Crippen LogP contribution in [0.1, 0.15) is 27.2 Å². The fourth-order valence-electron chi connectivity index (χ4n) is 2.26. The van der Waals surface area contributed by atoms with E-state index in [0.717, 1.165) is 6.42 Å². The van der Waals surface area contributed by atoms with Gasteiger partial charge < -0.3 is 9.47 Å². The molecule has 1 fully saturated rings. The SMILES string of the molecule is CC(=O)O[C@H]1CO[C@@H](C(C)(C)Sc2ccccc2)C1. The molecule has 1 aromatic carbocycles. The molecule has 104 valence electrons. The van der Waals surface area contributed by atoms with Crippen LogP contribution < -0.4 is 0 Å². The first kappa shape index (κ1) is 14.4. The Labute approximate surface area is 118 Å². The molecular weight excluding hydrogens is 260 g/mol. The summed E-state index contributed by atoms with van der Waals surface area (Å²) in [4.78, 5) is 12.2. The average molecular weight is 280 g/mol. The quantitative estimate of drug-likeness (QED) is 0.626. The van der Waals surface area contributed by atoms with E-state index in [2.05, 4.69) is 26.0 Å². The van der Waals surface area contributed by atoms with Gasteiger partial charge in [0.15, 0.2) is 0 Å². The Morgan fingerprint density at radius 1 is 1.37 bits per heavy atom. The average Bonchev–Trinajstić information content (AvgIpc) is 2.78. The van der Waals surface area contributed by atoms with E-state index in [4.69, 9.17) is 9.47 Å². The number of carbonyl (C=O) groups excluding carboxylic acids is 1. The first-order valence-electron chi connectivity index (χ1n) is 6.50. The monoisotopic (exact) mass is 280 g/mol. The van der Waals surface area contributed by atoms with Crippen molar-refractivity contribution in [1.82, 2.24) is 0 Å². The second-order valence-electron chi connectivity index (χ2n) is 5.31. The van der Waals surface area contributed by atoms with Gasteiger partial charge in [0.05, 0.1) is 12.7 Å². The molecule has 0 saturated carbocycles. The number of benzene rings is 1. The van der Waals surface area contributed by atoms with Crippen LogP contribution in [0.15, 0.2) is 35.2 Å². The highest BCUT2D eigenvalue weighted by atomic mass is 32.2. The van der Waals surface area contributed by atoms with Crippen LogP contribution in [-0.4, -0.2) is 29.5 Å². The molecule has 1 saturated heterocycles. The number of thioether (sulfide) groups is 1. The Hall–Kier alpha value is -1.00. The molecule has 0 aromatic heterocycles. The summed E-state index contributed by atoms with van der Waals surface area (Å²) in [5, 5.41) is 0.